The molecule has 0 aromatic carbocycles. The van der Waals surface area contributed by atoms with Crippen molar-refractivity contribution in [3.05, 3.63) is 22.0 Å². The number of hydrogen-bond acceptors (Lipinski definition) is 6. The SMILES string of the molecule is Cn1ncc([N+](=O)[O-])c1[C@@H]1CC[C@H](NC(=O)OC(C)(C)C)[C@H](F)CO1. The van der Waals surface area contributed by atoms with Gasteiger partial charge >= 0.3 is 11.8 Å². The monoisotopic (exact) mass is 358 g/mol. The predicted molar refractivity (Wildman–Crippen MR) is 85.8 cm³/mol. The van der Waals surface area contributed by atoms with E-state index >= 15 is 0 Å². The molecule has 1 saturated heterocycles. The number of aromatic nitrogens is 2. The second kappa shape index (κ2) is 7.34. The van der Waals surface area contributed by atoms with Crippen LogP contribution in [0.5, 0.6) is 0 Å². The highest BCUT2D eigenvalue weighted by molar-refractivity contribution is 5.68. The van der Waals surface area contributed by atoms with Crippen molar-refractivity contribution in [1.82, 2.24) is 15.1 Å². The lowest BCUT2D eigenvalue weighted by Crippen LogP contribution is -2.44. The first-order valence-electron chi connectivity index (χ1n) is 8.00. The first kappa shape index (κ1) is 19.1. The van der Waals surface area contributed by atoms with Gasteiger partial charge in [-0.25, -0.2) is 9.18 Å². The van der Waals surface area contributed by atoms with E-state index in [2.05, 4.69) is 10.4 Å². The highest BCUT2D eigenvalue weighted by atomic mass is 19.1. The number of aryl methyl sites for hydroxylation is 1. The number of alkyl carbamates (subject to hydrolysis) is 1. The van der Waals surface area contributed by atoms with Crippen molar-refractivity contribution in [1.29, 1.82) is 0 Å². The molecule has 0 aliphatic carbocycles. The fraction of sp³-hybridized carbons (Fsp3) is 0.733. The van der Waals surface area contributed by atoms with E-state index in [1.165, 1.54) is 4.68 Å². The molecule has 10 heteroatoms. The lowest BCUT2D eigenvalue weighted by Gasteiger charge is -2.24. The van der Waals surface area contributed by atoms with E-state index < -0.39 is 34.9 Å². The number of halogens is 1. The molecule has 1 aromatic heterocycles. The lowest BCUT2D eigenvalue weighted by atomic mass is 10.0. The molecule has 3 atom stereocenters. The maximum atomic E-state index is 14.3. The van der Waals surface area contributed by atoms with Crippen LogP contribution in [0.1, 0.15) is 45.4 Å². The fourth-order valence-electron chi connectivity index (χ4n) is 2.71. The van der Waals surface area contributed by atoms with Gasteiger partial charge in [-0.2, -0.15) is 5.10 Å². The lowest BCUT2D eigenvalue weighted by molar-refractivity contribution is -0.386. The number of alkyl halides is 1. The molecule has 2 heterocycles. The third kappa shape index (κ3) is 4.88. The van der Waals surface area contributed by atoms with Crippen molar-refractivity contribution in [2.45, 2.75) is 57.5 Å². The number of nitro groups is 1. The predicted octanol–water partition coefficient (Wildman–Crippen LogP) is 2.41. The molecule has 0 saturated carbocycles. The molecule has 0 radical (unpaired) electrons. The van der Waals surface area contributed by atoms with Gasteiger partial charge in [0.15, 0.2) is 0 Å². The van der Waals surface area contributed by atoms with Gasteiger partial charge < -0.3 is 14.8 Å². The van der Waals surface area contributed by atoms with Crippen LogP contribution in [-0.4, -0.2) is 45.2 Å². The summed E-state index contributed by atoms with van der Waals surface area (Å²) in [5.41, 5.74) is -0.564. The largest absolute Gasteiger partial charge is 0.444 e. The molecule has 25 heavy (non-hydrogen) atoms. The van der Waals surface area contributed by atoms with Crippen molar-refractivity contribution in [3.63, 3.8) is 0 Å². The second-order valence-electron chi connectivity index (χ2n) is 6.96. The van der Waals surface area contributed by atoms with Gasteiger partial charge in [0.1, 0.15) is 29.8 Å². The molecule has 9 nitrogen and oxygen atoms in total. The highest BCUT2D eigenvalue weighted by Crippen LogP contribution is 2.33. The number of rotatable bonds is 3. The molecule has 0 bridgehead atoms. The summed E-state index contributed by atoms with van der Waals surface area (Å²) < 4.78 is 26.3. The van der Waals surface area contributed by atoms with Gasteiger partial charge in [-0.15, -0.1) is 0 Å². The summed E-state index contributed by atoms with van der Waals surface area (Å²) in [5.74, 6) is 0. The zero-order chi connectivity index (χ0) is 18.8. The van der Waals surface area contributed by atoms with Gasteiger partial charge in [0, 0.05) is 7.05 Å². The quantitative estimate of drug-likeness (QED) is 0.656. The zero-order valence-corrected chi connectivity index (χ0v) is 14.7. The highest BCUT2D eigenvalue weighted by Gasteiger charge is 2.35. The normalized spacial score (nSPS) is 24.4. The second-order valence-corrected chi connectivity index (χ2v) is 6.96. The molecule has 1 aliphatic rings. The van der Waals surface area contributed by atoms with Gasteiger partial charge in [0.25, 0.3) is 0 Å². The van der Waals surface area contributed by atoms with Gasteiger partial charge in [-0.1, -0.05) is 0 Å². The van der Waals surface area contributed by atoms with E-state index in [1.54, 1.807) is 27.8 Å². The summed E-state index contributed by atoms with van der Waals surface area (Å²) in [6.07, 6.45) is -1.10. The van der Waals surface area contributed by atoms with E-state index in [4.69, 9.17) is 9.47 Å². The summed E-state index contributed by atoms with van der Waals surface area (Å²) in [5, 5.41) is 17.5. The smallest absolute Gasteiger partial charge is 0.407 e. The number of ether oxygens (including phenoxy) is 2. The van der Waals surface area contributed by atoms with Crippen molar-refractivity contribution in [3.8, 4) is 0 Å². The van der Waals surface area contributed by atoms with E-state index in [9.17, 15) is 19.3 Å². The molecule has 2 rings (SSSR count). The first-order valence-corrected chi connectivity index (χ1v) is 8.00. The Hall–Kier alpha value is -2.23. The molecule has 0 spiro atoms. The number of nitrogens with zero attached hydrogens (tertiary/aromatic N) is 3. The first-order chi connectivity index (χ1) is 11.6. The summed E-state index contributed by atoms with van der Waals surface area (Å²) in [4.78, 5) is 22.4. The number of carbonyl (C=O) groups excluding carboxylic acids is 1. The van der Waals surface area contributed by atoms with Gasteiger partial charge in [-0.05, 0) is 33.6 Å². The minimum absolute atomic E-state index is 0.165. The maximum absolute atomic E-state index is 14.3. The molecule has 1 aromatic rings. The standard InChI is InChI=1S/C15H23FN4O5/c1-15(2,3)25-14(21)18-10-5-6-12(24-8-9(10)16)13-11(20(22)23)7-17-19(13)4/h7,9-10,12H,5-6,8H2,1-4H3,(H,18,21)/t9-,10+,12+/m1/s1. The van der Waals surface area contributed by atoms with Crippen LogP contribution in [-0.2, 0) is 16.5 Å². The summed E-state index contributed by atoms with van der Waals surface area (Å²) in [6.45, 7) is 4.86. The summed E-state index contributed by atoms with van der Waals surface area (Å²) >= 11 is 0. The Kier molecular flexibility index (Phi) is 5.61. The fourth-order valence-corrected chi connectivity index (χ4v) is 2.71. The minimum Gasteiger partial charge on any atom is -0.444 e. The number of nitrogens with one attached hydrogen (secondary N) is 1. The number of hydrogen-bond donors (Lipinski definition) is 1. The Morgan fingerprint density at radius 2 is 2.20 bits per heavy atom. The van der Waals surface area contributed by atoms with Gasteiger partial charge in [0.2, 0.25) is 0 Å². The molecule has 1 N–H and O–H groups in total. The molecule has 140 valence electrons. The van der Waals surface area contributed by atoms with Crippen LogP contribution in [0.15, 0.2) is 6.20 Å². The number of carbonyl (C=O) groups is 1. The van der Waals surface area contributed by atoms with Crippen molar-refractivity contribution in [2.24, 2.45) is 7.05 Å². The molecule has 1 fully saturated rings. The van der Waals surface area contributed by atoms with Crippen LogP contribution >= 0.6 is 0 Å². The Bertz CT molecular complexity index is 642. The van der Waals surface area contributed by atoms with Crippen molar-refractivity contribution in [2.75, 3.05) is 6.61 Å². The van der Waals surface area contributed by atoms with E-state index in [0.29, 0.717) is 6.42 Å². The summed E-state index contributed by atoms with van der Waals surface area (Å²) in [6, 6.07) is -0.785. The average Bonchev–Trinajstić information content (AvgIpc) is 2.77. The van der Waals surface area contributed by atoms with Gasteiger partial charge in [0.05, 0.1) is 17.6 Å². The molecule has 1 aliphatic heterocycles. The molecular weight excluding hydrogens is 335 g/mol. The van der Waals surface area contributed by atoms with Crippen LogP contribution in [0.4, 0.5) is 14.9 Å². The zero-order valence-electron chi connectivity index (χ0n) is 14.7. The van der Waals surface area contributed by atoms with E-state index in [1.807, 2.05) is 0 Å². The molecular formula is C15H23FN4O5. The van der Waals surface area contributed by atoms with Crippen LogP contribution < -0.4 is 5.32 Å². The van der Waals surface area contributed by atoms with Crippen molar-refractivity contribution >= 4 is 11.8 Å². The molecule has 1 amide bonds. The summed E-state index contributed by atoms with van der Waals surface area (Å²) in [7, 11) is 1.57. The Labute approximate surface area is 144 Å². The Morgan fingerprint density at radius 3 is 2.80 bits per heavy atom. The van der Waals surface area contributed by atoms with Crippen LogP contribution in [0.25, 0.3) is 0 Å². The Balaban J connectivity index is 2.07. The van der Waals surface area contributed by atoms with E-state index in [0.717, 1.165) is 6.20 Å². The average molecular weight is 358 g/mol. The topological polar surface area (TPSA) is 109 Å². The third-order valence-electron chi connectivity index (χ3n) is 3.80. The van der Waals surface area contributed by atoms with Gasteiger partial charge in [-0.3, -0.25) is 14.8 Å². The van der Waals surface area contributed by atoms with Crippen LogP contribution in [0.2, 0.25) is 0 Å². The van der Waals surface area contributed by atoms with Crippen molar-refractivity contribution < 1.29 is 23.6 Å². The number of amides is 1. The Morgan fingerprint density at radius 1 is 1.52 bits per heavy atom. The van der Waals surface area contributed by atoms with Crippen LogP contribution in [0.3, 0.4) is 0 Å². The third-order valence-corrected chi connectivity index (χ3v) is 3.80. The minimum atomic E-state index is -1.44. The maximum Gasteiger partial charge on any atom is 0.407 e. The molecule has 0 unspecified atom stereocenters. The van der Waals surface area contributed by atoms with Crippen LogP contribution in [0, 0.1) is 10.1 Å². The van der Waals surface area contributed by atoms with E-state index in [-0.39, 0.29) is 24.4 Å².